The van der Waals surface area contributed by atoms with Gasteiger partial charge in [-0.15, -0.1) is 0 Å². The average Bonchev–Trinajstić information content (AvgIpc) is 2.12. The summed E-state index contributed by atoms with van der Waals surface area (Å²) in [4.78, 5) is 10.1. The van der Waals surface area contributed by atoms with Crippen LogP contribution in [0.5, 0.6) is 0 Å². The molecule has 0 aromatic carbocycles. The molecule has 1 N–H and O–H groups in total. The maximum absolute atomic E-state index is 10.1. The van der Waals surface area contributed by atoms with Crippen molar-refractivity contribution in [2.45, 2.75) is 65.2 Å². The molecule has 2 nitrogen and oxygen atoms in total. The van der Waals surface area contributed by atoms with Crippen molar-refractivity contribution < 1.29 is 28.8 Å². The molecule has 0 saturated heterocycles. The van der Waals surface area contributed by atoms with Gasteiger partial charge in [0.15, 0.2) is 0 Å². The van der Waals surface area contributed by atoms with E-state index in [1.165, 1.54) is 25.7 Å². The maximum Gasteiger partial charge on any atom is 1.00 e. The first-order valence-corrected chi connectivity index (χ1v) is 5.70. The second-order valence-corrected chi connectivity index (χ2v) is 3.41. The molecule has 0 heterocycles. The van der Waals surface area contributed by atoms with Crippen molar-refractivity contribution in [3.05, 3.63) is 6.92 Å². The SMILES string of the molecule is CCCCCCCCC(=O)O.[CH2-]CC.[Li+]. The number of carbonyl (C=O) groups is 1. The van der Waals surface area contributed by atoms with Gasteiger partial charge in [0.25, 0.3) is 0 Å². The van der Waals surface area contributed by atoms with Crippen LogP contribution in [0.15, 0.2) is 0 Å². The molecule has 0 unspecified atom stereocenters. The first-order valence-electron chi connectivity index (χ1n) is 5.70. The molecule has 86 valence electrons. The molecule has 0 aromatic rings. The van der Waals surface area contributed by atoms with Crippen LogP contribution in [-0.4, -0.2) is 11.1 Å². The summed E-state index contributed by atoms with van der Waals surface area (Å²) in [6.07, 6.45) is 8.25. The zero-order valence-corrected chi connectivity index (χ0v) is 10.7. The summed E-state index contributed by atoms with van der Waals surface area (Å²) >= 11 is 0. The molecular formula is C12H25LiO2. The Labute approximate surface area is 107 Å². The molecule has 0 fully saturated rings. The topological polar surface area (TPSA) is 37.3 Å². The van der Waals surface area contributed by atoms with Gasteiger partial charge in [0, 0.05) is 6.42 Å². The minimum absolute atomic E-state index is 0. The van der Waals surface area contributed by atoms with E-state index in [9.17, 15) is 4.79 Å². The summed E-state index contributed by atoms with van der Waals surface area (Å²) in [7, 11) is 0. The van der Waals surface area contributed by atoms with Gasteiger partial charge >= 0.3 is 24.8 Å². The van der Waals surface area contributed by atoms with Crippen LogP contribution >= 0.6 is 0 Å². The Morgan fingerprint density at radius 1 is 1.07 bits per heavy atom. The molecule has 0 atom stereocenters. The van der Waals surface area contributed by atoms with E-state index in [1.54, 1.807) is 0 Å². The van der Waals surface area contributed by atoms with Crippen molar-refractivity contribution in [1.82, 2.24) is 0 Å². The van der Waals surface area contributed by atoms with Crippen LogP contribution in [0.1, 0.15) is 65.2 Å². The Morgan fingerprint density at radius 2 is 1.47 bits per heavy atom. The largest absolute Gasteiger partial charge is 1.00 e. The molecule has 3 heteroatoms. The predicted molar refractivity (Wildman–Crippen MR) is 61.3 cm³/mol. The molecule has 0 spiro atoms. The number of unbranched alkanes of at least 4 members (excludes halogenated alkanes) is 5. The fourth-order valence-electron chi connectivity index (χ4n) is 1.06. The van der Waals surface area contributed by atoms with Crippen molar-refractivity contribution in [3.63, 3.8) is 0 Å². The molecule has 0 bridgehead atoms. The van der Waals surface area contributed by atoms with E-state index >= 15 is 0 Å². The van der Waals surface area contributed by atoms with Crippen LogP contribution in [-0.2, 0) is 4.79 Å². The van der Waals surface area contributed by atoms with Crippen molar-refractivity contribution in [2.75, 3.05) is 0 Å². The van der Waals surface area contributed by atoms with Gasteiger partial charge in [-0.2, -0.15) is 6.42 Å². The van der Waals surface area contributed by atoms with Gasteiger partial charge in [-0.25, -0.2) is 0 Å². The Kier molecular flexibility index (Phi) is 26.8. The van der Waals surface area contributed by atoms with E-state index in [4.69, 9.17) is 5.11 Å². The van der Waals surface area contributed by atoms with Gasteiger partial charge in [0.1, 0.15) is 0 Å². The van der Waals surface area contributed by atoms with Crippen LogP contribution in [0.4, 0.5) is 0 Å². The molecule has 0 rings (SSSR count). The van der Waals surface area contributed by atoms with Crippen molar-refractivity contribution in [3.8, 4) is 0 Å². The second-order valence-electron chi connectivity index (χ2n) is 3.41. The smallest absolute Gasteiger partial charge is 0.481 e. The molecular weight excluding hydrogens is 183 g/mol. The first-order chi connectivity index (χ1) is 6.68. The fourth-order valence-corrected chi connectivity index (χ4v) is 1.06. The molecule has 0 aliphatic rings. The van der Waals surface area contributed by atoms with Crippen molar-refractivity contribution in [1.29, 1.82) is 0 Å². The van der Waals surface area contributed by atoms with Gasteiger partial charge in [0.05, 0.1) is 0 Å². The fraction of sp³-hybridized carbons (Fsp3) is 0.833. The summed E-state index contributed by atoms with van der Waals surface area (Å²) in [5.41, 5.74) is 0. The summed E-state index contributed by atoms with van der Waals surface area (Å²) in [6.45, 7) is 7.68. The number of carboxylic acids is 1. The van der Waals surface area contributed by atoms with Crippen LogP contribution < -0.4 is 18.9 Å². The number of carboxylic acid groups (broad SMARTS) is 1. The zero-order chi connectivity index (χ0) is 11.2. The monoisotopic (exact) mass is 208 g/mol. The van der Waals surface area contributed by atoms with E-state index in [0.717, 1.165) is 19.3 Å². The number of aliphatic carboxylic acids is 1. The molecule has 0 amide bonds. The van der Waals surface area contributed by atoms with E-state index in [1.807, 2.05) is 6.92 Å². The molecule has 0 aliphatic heterocycles. The Hall–Kier alpha value is 0.0674. The second kappa shape index (κ2) is 19.6. The third-order valence-corrected chi connectivity index (χ3v) is 1.74. The molecule has 0 radical (unpaired) electrons. The van der Waals surface area contributed by atoms with E-state index in [2.05, 4.69) is 13.8 Å². The minimum Gasteiger partial charge on any atom is -0.481 e. The standard InChI is InChI=1S/C9H18O2.C3H7.Li/c1-2-3-4-5-6-7-8-9(10)11;1-3-2;/h2-8H2,1H3,(H,10,11);1,3H2,2H3;/q;-1;+1. The third-order valence-electron chi connectivity index (χ3n) is 1.74. The van der Waals surface area contributed by atoms with Gasteiger partial charge in [-0.3, -0.25) is 4.79 Å². The minimum atomic E-state index is -0.666. The third kappa shape index (κ3) is 31.5. The zero-order valence-electron chi connectivity index (χ0n) is 10.7. The number of hydrogen-bond donors (Lipinski definition) is 1. The van der Waals surface area contributed by atoms with Gasteiger partial charge in [0.2, 0.25) is 0 Å². The van der Waals surface area contributed by atoms with E-state index in [0.29, 0.717) is 6.42 Å². The predicted octanol–water partition coefficient (Wildman–Crippen LogP) is 1.06. The molecule has 0 aromatic heterocycles. The van der Waals surface area contributed by atoms with E-state index in [-0.39, 0.29) is 18.9 Å². The Morgan fingerprint density at radius 3 is 1.87 bits per heavy atom. The summed E-state index contributed by atoms with van der Waals surface area (Å²) in [5, 5.41) is 8.32. The van der Waals surface area contributed by atoms with Crippen LogP contribution in [0, 0.1) is 6.92 Å². The number of hydrogen-bond acceptors (Lipinski definition) is 1. The first kappa shape index (κ1) is 20.5. The van der Waals surface area contributed by atoms with Crippen molar-refractivity contribution >= 4 is 5.97 Å². The van der Waals surface area contributed by atoms with Crippen LogP contribution in [0.2, 0.25) is 0 Å². The van der Waals surface area contributed by atoms with Gasteiger partial charge in [-0.05, 0) is 6.42 Å². The Bertz CT molecular complexity index is 116. The van der Waals surface area contributed by atoms with Gasteiger partial charge in [-0.1, -0.05) is 46.0 Å². The van der Waals surface area contributed by atoms with Crippen LogP contribution in [0.3, 0.4) is 0 Å². The molecule has 0 aliphatic carbocycles. The van der Waals surface area contributed by atoms with E-state index < -0.39 is 5.97 Å². The Balaban J connectivity index is -0.000000320. The maximum atomic E-state index is 10.1. The summed E-state index contributed by atoms with van der Waals surface area (Å²) in [5.74, 6) is -0.666. The normalized spacial score (nSPS) is 8.47. The average molecular weight is 208 g/mol. The summed E-state index contributed by atoms with van der Waals surface area (Å²) < 4.78 is 0. The number of rotatable bonds is 7. The van der Waals surface area contributed by atoms with Crippen molar-refractivity contribution in [2.24, 2.45) is 0 Å². The molecule has 15 heavy (non-hydrogen) atoms. The quantitative estimate of drug-likeness (QED) is 0.386. The molecule has 0 saturated carbocycles. The van der Waals surface area contributed by atoms with Gasteiger partial charge < -0.3 is 12.0 Å². The summed E-state index contributed by atoms with van der Waals surface area (Å²) in [6, 6.07) is 0. The van der Waals surface area contributed by atoms with Crippen LogP contribution in [0.25, 0.3) is 0 Å².